The average molecular weight is 561 g/mol. The molecule has 7 nitrogen and oxygen atoms in total. The van der Waals surface area contributed by atoms with Gasteiger partial charge in [0.2, 0.25) is 0 Å². The van der Waals surface area contributed by atoms with Crippen LogP contribution in [0.15, 0.2) is 78.9 Å². The van der Waals surface area contributed by atoms with Crippen molar-refractivity contribution in [2.24, 2.45) is 0 Å². The number of aliphatic hydroxyl groups is 1. The van der Waals surface area contributed by atoms with Gasteiger partial charge in [0.05, 0.1) is 28.4 Å². The molecule has 1 unspecified atom stereocenters. The smallest absolute Gasteiger partial charge is 0.301 e. The Morgan fingerprint density at radius 2 is 1.87 bits per heavy atom. The van der Waals surface area contributed by atoms with Crippen molar-refractivity contribution in [2.45, 2.75) is 19.9 Å². The van der Waals surface area contributed by atoms with Crippen molar-refractivity contribution >= 4 is 55.7 Å². The largest absolute Gasteiger partial charge is 0.507 e. The van der Waals surface area contributed by atoms with Crippen molar-refractivity contribution in [1.29, 1.82) is 0 Å². The number of aliphatic hydroxyl groups excluding tert-OH is 1. The third kappa shape index (κ3) is 5.01. The highest BCUT2D eigenvalue weighted by Gasteiger charge is 2.48. The van der Waals surface area contributed by atoms with Crippen LogP contribution in [-0.4, -0.2) is 35.0 Å². The number of benzene rings is 3. The monoisotopic (exact) mass is 560 g/mol. The van der Waals surface area contributed by atoms with E-state index in [1.165, 1.54) is 16.2 Å². The van der Waals surface area contributed by atoms with Crippen LogP contribution in [0.2, 0.25) is 5.02 Å². The number of carbonyl (C=O) groups excluding carboxylic acids is 2. The van der Waals surface area contributed by atoms with Gasteiger partial charge in [-0.2, -0.15) is 0 Å². The number of aryl methyl sites for hydroxylation is 1. The molecule has 0 bridgehead atoms. The molecule has 1 saturated heterocycles. The van der Waals surface area contributed by atoms with Gasteiger partial charge in [0.1, 0.15) is 12.4 Å². The number of hydrogen-bond donors (Lipinski definition) is 1. The molecule has 1 aromatic heterocycles. The van der Waals surface area contributed by atoms with Gasteiger partial charge >= 0.3 is 5.91 Å². The zero-order valence-corrected chi connectivity index (χ0v) is 22.9. The van der Waals surface area contributed by atoms with Crippen LogP contribution in [0.4, 0.5) is 5.13 Å². The summed E-state index contributed by atoms with van der Waals surface area (Å²) in [6.07, 6.45) is 1.62. The molecule has 1 aliphatic heterocycles. The van der Waals surface area contributed by atoms with E-state index in [9.17, 15) is 14.7 Å². The van der Waals surface area contributed by atoms with E-state index in [0.29, 0.717) is 44.9 Å². The van der Waals surface area contributed by atoms with Crippen LogP contribution in [0.1, 0.15) is 29.7 Å². The number of thiazole rings is 1. The zero-order chi connectivity index (χ0) is 27.7. The molecule has 1 amide bonds. The first-order valence-corrected chi connectivity index (χ1v) is 13.5. The summed E-state index contributed by atoms with van der Waals surface area (Å²) in [5.41, 5.74) is 2.57. The second kappa shape index (κ2) is 10.9. The van der Waals surface area contributed by atoms with E-state index in [0.717, 1.165) is 10.3 Å². The van der Waals surface area contributed by atoms with Crippen molar-refractivity contribution in [1.82, 2.24) is 4.98 Å². The van der Waals surface area contributed by atoms with E-state index in [-0.39, 0.29) is 17.9 Å². The van der Waals surface area contributed by atoms with Gasteiger partial charge in [0.25, 0.3) is 5.78 Å². The molecule has 2 heterocycles. The van der Waals surface area contributed by atoms with Crippen LogP contribution in [0.5, 0.6) is 11.5 Å². The predicted octanol–water partition coefficient (Wildman–Crippen LogP) is 6.85. The molecule has 0 spiro atoms. The summed E-state index contributed by atoms with van der Waals surface area (Å²) >= 11 is 7.42. The number of nitrogens with zero attached hydrogens (tertiary/aromatic N) is 2. The average Bonchev–Trinajstić information content (AvgIpc) is 3.45. The molecular weight excluding hydrogens is 536 g/mol. The molecule has 0 radical (unpaired) electrons. The number of anilines is 1. The van der Waals surface area contributed by atoms with Gasteiger partial charge in [-0.15, -0.1) is 0 Å². The predicted molar refractivity (Wildman–Crippen MR) is 154 cm³/mol. The van der Waals surface area contributed by atoms with Crippen molar-refractivity contribution < 1.29 is 24.2 Å². The first-order chi connectivity index (χ1) is 18.8. The minimum Gasteiger partial charge on any atom is -0.507 e. The molecule has 0 aliphatic carbocycles. The Labute approximate surface area is 234 Å². The fourth-order valence-electron chi connectivity index (χ4n) is 4.43. The molecular formula is C30H25ClN2O5S. The second-order valence-corrected chi connectivity index (χ2v) is 10.3. The third-order valence-electron chi connectivity index (χ3n) is 6.25. The van der Waals surface area contributed by atoms with Gasteiger partial charge in [-0.05, 0) is 49.7 Å². The molecule has 0 saturated carbocycles. The Morgan fingerprint density at radius 3 is 2.59 bits per heavy atom. The first kappa shape index (κ1) is 26.5. The Morgan fingerprint density at radius 1 is 1.10 bits per heavy atom. The molecule has 39 heavy (non-hydrogen) atoms. The lowest BCUT2D eigenvalue weighted by Gasteiger charge is -2.24. The van der Waals surface area contributed by atoms with Gasteiger partial charge < -0.3 is 14.6 Å². The van der Waals surface area contributed by atoms with E-state index in [4.69, 9.17) is 21.1 Å². The van der Waals surface area contributed by atoms with Crippen LogP contribution in [0.3, 0.4) is 0 Å². The van der Waals surface area contributed by atoms with Crippen LogP contribution in [0, 0.1) is 6.92 Å². The van der Waals surface area contributed by atoms with E-state index in [2.05, 4.69) is 11.6 Å². The number of Topliss-reactive ketones (excluding diaryl/α,β-unsaturated/α-hetero) is 1. The second-order valence-electron chi connectivity index (χ2n) is 8.88. The van der Waals surface area contributed by atoms with Crippen molar-refractivity contribution in [3.63, 3.8) is 0 Å². The van der Waals surface area contributed by atoms with E-state index in [1.54, 1.807) is 54.6 Å². The molecule has 5 rings (SSSR count). The zero-order valence-electron chi connectivity index (χ0n) is 21.3. The summed E-state index contributed by atoms with van der Waals surface area (Å²) in [5.74, 6) is -0.932. The Hall–Kier alpha value is -4.14. The lowest BCUT2D eigenvalue weighted by Crippen LogP contribution is -2.29. The maximum atomic E-state index is 13.6. The van der Waals surface area contributed by atoms with Crippen molar-refractivity contribution in [3.05, 3.63) is 101 Å². The summed E-state index contributed by atoms with van der Waals surface area (Å²) in [6.45, 7) is 8.10. The van der Waals surface area contributed by atoms with Gasteiger partial charge in [0.15, 0.2) is 16.6 Å². The number of carbonyl (C=O) groups is 2. The van der Waals surface area contributed by atoms with Crippen molar-refractivity contribution in [2.75, 3.05) is 18.1 Å². The lowest BCUT2D eigenvalue weighted by molar-refractivity contribution is -0.132. The number of ketones is 1. The third-order valence-corrected chi connectivity index (χ3v) is 7.51. The molecule has 1 N–H and O–H groups in total. The topological polar surface area (TPSA) is 89.0 Å². The normalized spacial score (nSPS) is 16.6. The van der Waals surface area contributed by atoms with Crippen LogP contribution < -0.4 is 14.4 Å². The summed E-state index contributed by atoms with van der Waals surface area (Å²) < 4.78 is 12.3. The van der Waals surface area contributed by atoms with Crippen molar-refractivity contribution in [3.8, 4) is 11.5 Å². The van der Waals surface area contributed by atoms with Gasteiger partial charge in [-0.25, -0.2) is 4.98 Å². The summed E-state index contributed by atoms with van der Waals surface area (Å²) in [4.78, 5) is 33.0. The standard InChI is InChI=1S/C30H25ClN2O5S/c1-4-14-38-22-13-10-19(15-23(22)37-5-2)26-25(27(34)18-8-6-17(3)7-9-18)28(35)29(36)33(26)30-32-21-12-11-20(31)16-24(21)39-30/h4,6-13,15-16,26,34H,1,5,14H2,2-3H3/b27-25+. The quantitative estimate of drug-likeness (QED) is 0.110. The lowest BCUT2D eigenvalue weighted by atomic mass is 9.95. The number of aromatic nitrogens is 1. The summed E-state index contributed by atoms with van der Waals surface area (Å²) in [7, 11) is 0. The van der Waals surface area contributed by atoms with Gasteiger partial charge in [-0.1, -0.05) is 71.5 Å². The van der Waals surface area contributed by atoms with E-state index < -0.39 is 17.7 Å². The molecule has 4 aromatic rings. The fraction of sp³-hybridized carbons (Fsp3) is 0.167. The highest BCUT2D eigenvalue weighted by molar-refractivity contribution is 7.22. The van der Waals surface area contributed by atoms with E-state index >= 15 is 0 Å². The van der Waals surface area contributed by atoms with E-state index in [1.807, 2.05) is 26.0 Å². The Kier molecular flexibility index (Phi) is 7.41. The number of halogens is 1. The highest BCUT2D eigenvalue weighted by Crippen LogP contribution is 2.46. The number of fused-ring (bicyclic) bond motifs is 1. The molecule has 1 atom stereocenters. The summed E-state index contributed by atoms with van der Waals surface area (Å²) in [5, 5.41) is 12.2. The maximum Gasteiger partial charge on any atom is 0.301 e. The molecule has 1 aliphatic rings. The van der Waals surface area contributed by atoms with Crippen LogP contribution in [0.25, 0.3) is 16.0 Å². The molecule has 3 aromatic carbocycles. The molecule has 198 valence electrons. The van der Waals surface area contributed by atoms with Gasteiger partial charge in [-0.3, -0.25) is 14.5 Å². The molecule has 1 fully saturated rings. The van der Waals surface area contributed by atoms with Gasteiger partial charge in [0, 0.05) is 10.6 Å². The number of amides is 1. The minimum atomic E-state index is -0.963. The fourth-order valence-corrected chi connectivity index (χ4v) is 5.70. The number of hydrogen-bond acceptors (Lipinski definition) is 7. The van der Waals surface area contributed by atoms with Crippen LogP contribution in [-0.2, 0) is 9.59 Å². The highest BCUT2D eigenvalue weighted by atomic mass is 35.5. The first-order valence-electron chi connectivity index (χ1n) is 12.3. The Balaban J connectivity index is 1.72. The number of rotatable bonds is 8. The SMILES string of the molecule is C=CCOc1ccc(C2/C(=C(\O)c3ccc(C)cc3)C(=O)C(=O)N2c2nc3ccc(Cl)cc3s2)cc1OCC. The van der Waals surface area contributed by atoms with Crippen LogP contribution >= 0.6 is 22.9 Å². The maximum absolute atomic E-state index is 13.6. The Bertz CT molecular complexity index is 1630. The molecule has 9 heteroatoms. The minimum absolute atomic E-state index is 0.0386. The summed E-state index contributed by atoms with van der Waals surface area (Å²) in [6, 6.07) is 16.5. The number of ether oxygens (including phenoxy) is 2.